The van der Waals surface area contributed by atoms with Crippen LogP contribution in [0.2, 0.25) is 0 Å². The van der Waals surface area contributed by atoms with Gasteiger partial charge in [-0.15, -0.1) is 0 Å². The number of aliphatic hydroxyl groups excluding tert-OH is 1. The van der Waals surface area contributed by atoms with E-state index in [2.05, 4.69) is 37.2 Å². The highest BCUT2D eigenvalue weighted by Gasteiger charge is 2.35. The first kappa shape index (κ1) is 57.2. The SMILES string of the molecule is CCNC(=O)OCc1ccc(NC(=O)[C@H](CCCNC(N)O)NC(=O)[C@@H](NCC(C=O)(CCC(=O)O)NC(=O)CCOCCOCCOCCOCCNC(=O)COC)C(C)C)cc1. The van der Waals surface area contributed by atoms with E-state index < -0.39 is 66.1 Å². The summed E-state index contributed by atoms with van der Waals surface area (Å²) in [4.78, 5) is 87.4. The number of ether oxygens (including phenoxy) is 6. The van der Waals surface area contributed by atoms with Gasteiger partial charge in [-0.05, 0) is 56.3 Å². The molecule has 4 atom stereocenters. The molecule has 0 saturated heterocycles. The molecule has 0 aliphatic rings. The van der Waals surface area contributed by atoms with Crippen LogP contribution in [0.15, 0.2) is 24.3 Å². The lowest BCUT2D eigenvalue weighted by atomic mass is 9.92. The van der Waals surface area contributed by atoms with E-state index >= 15 is 0 Å². The molecule has 364 valence electrons. The van der Waals surface area contributed by atoms with E-state index in [0.717, 1.165) is 0 Å². The summed E-state index contributed by atoms with van der Waals surface area (Å²) in [6, 6.07) is 4.48. The molecule has 0 radical (unpaired) electrons. The van der Waals surface area contributed by atoms with Crippen LogP contribution in [0.5, 0.6) is 0 Å². The number of amides is 5. The van der Waals surface area contributed by atoms with Crippen LogP contribution in [-0.4, -0.2) is 169 Å². The highest BCUT2D eigenvalue weighted by molar-refractivity contribution is 5.98. The summed E-state index contributed by atoms with van der Waals surface area (Å²) in [6.45, 7) is 7.93. The quantitative estimate of drug-likeness (QED) is 0.0210. The maximum Gasteiger partial charge on any atom is 0.407 e. The summed E-state index contributed by atoms with van der Waals surface area (Å²) in [6.07, 6.45) is -1.86. The summed E-state index contributed by atoms with van der Waals surface area (Å²) in [5, 5.41) is 37.8. The van der Waals surface area contributed by atoms with Gasteiger partial charge in [0, 0.05) is 45.3 Å². The lowest BCUT2D eigenvalue weighted by molar-refractivity contribution is -0.138. The first-order valence-corrected chi connectivity index (χ1v) is 21.2. The average molecular weight is 915 g/mol. The number of methoxy groups -OCH3 is 1. The van der Waals surface area contributed by atoms with E-state index in [0.29, 0.717) is 70.1 Å². The number of anilines is 1. The van der Waals surface area contributed by atoms with Gasteiger partial charge in [-0.2, -0.15) is 0 Å². The van der Waals surface area contributed by atoms with E-state index in [1.54, 1.807) is 45.0 Å². The minimum Gasteiger partial charge on any atom is -0.481 e. The Morgan fingerprint density at radius 3 is 2.00 bits per heavy atom. The van der Waals surface area contributed by atoms with Crippen molar-refractivity contribution in [3.8, 4) is 0 Å². The predicted molar refractivity (Wildman–Crippen MR) is 232 cm³/mol. The molecule has 0 spiro atoms. The van der Waals surface area contributed by atoms with Gasteiger partial charge in [-0.1, -0.05) is 26.0 Å². The molecule has 1 aromatic carbocycles. The maximum atomic E-state index is 13.8. The smallest absolute Gasteiger partial charge is 0.407 e. The Hall–Kier alpha value is -4.85. The molecule has 0 saturated carbocycles. The molecule has 5 amide bonds. The standard InChI is InChI=1S/C41H70N8O15/c1-5-43-40(58)64-25-30-8-10-31(11-9-30)47-37(55)32(7-6-15-45-39(42)57)48-38(56)36(29(2)3)46-27-41(28-50,14-12-35(53)54)49-33(51)13-17-60-19-21-62-23-24-63-22-20-61-18-16-44-34(52)26-59-4/h8-11,28-29,32,36,39,45-46,57H,5-7,12-27,42H2,1-4H3,(H,43,58)(H,44,52)(H,47,55)(H,48,56)(H,49,51)(H,53,54)/t32-,36-,39?,41?/m0/s1. The first-order valence-electron chi connectivity index (χ1n) is 21.2. The van der Waals surface area contributed by atoms with Gasteiger partial charge in [0.15, 0.2) is 6.35 Å². The molecule has 1 rings (SSSR count). The molecule has 2 unspecified atom stereocenters. The van der Waals surface area contributed by atoms with Crippen molar-refractivity contribution in [2.75, 3.05) is 98.1 Å². The summed E-state index contributed by atoms with van der Waals surface area (Å²) < 4.78 is 31.6. The molecule has 1 aromatic rings. The molecule has 23 heteroatoms. The largest absolute Gasteiger partial charge is 0.481 e. The number of aldehydes is 1. The second-order valence-corrected chi connectivity index (χ2v) is 14.7. The number of carboxylic acid groups (broad SMARTS) is 1. The van der Waals surface area contributed by atoms with Crippen LogP contribution < -0.4 is 43.0 Å². The lowest BCUT2D eigenvalue weighted by Crippen LogP contribution is -2.61. The Labute approximate surface area is 374 Å². The zero-order chi connectivity index (χ0) is 47.6. The topological polar surface area (TPSA) is 326 Å². The third kappa shape index (κ3) is 27.4. The van der Waals surface area contributed by atoms with Crippen molar-refractivity contribution in [3.63, 3.8) is 0 Å². The van der Waals surface area contributed by atoms with Gasteiger partial charge in [0.25, 0.3) is 0 Å². The van der Waals surface area contributed by atoms with Crippen molar-refractivity contribution < 1.29 is 72.2 Å². The van der Waals surface area contributed by atoms with Crippen molar-refractivity contribution in [1.29, 1.82) is 0 Å². The van der Waals surface area contributed by atoms with Crippen molar-refractivity contribution >= 4 is 47.7 Å². The highest BCUT2D eigenvalue weighted by Crippen LogP contribution is 2.15. The van der Waals surface area contributed by atoms with E-state index in [4.69, 9.17) is 34.2 Å². The first-order chi connectivity index (χ1) is 30.6. The second-order valence-electron chi connectivity index (χ2n) is 14.7. The number of alkyl carbamates (subject to hydrolysis) is 1. The van der Waals surface area contributed by atoms with Crippen LogP contribution in [0.3, 0.4) is 0 Å². The van der Waals surface area contributed by atoms with Gasteiger partial charge in [0.2, 0.25) is 23.6 Å². The Morgan fingerprint density at radius 2 is 1.44 bits per heavy atom. The molecule has 0 fully saturated rings. The molecule has 0 bridgehead atoms. The number of carbonyl (C=O) groups is 7. The van der Waals surface area contributed by atoms with Crippen LogP contribution in [-0.2, 0) is 63.8 Å². The monoisotopic (exact) mass is 914 g/mol. The van der Waals surface area contributed by atoms with Crippen molar-refractivity contribution in [2.24, 2.45) is 11.7 Å². The van der Waals surface area contributed by atoms with Crippen molar-refractivity contribution in [1.82, 2.24) is 31.9 Å². The normalized spacial score (nSPS) is 13.5. The third-order valence-electron chi connectivity index (χ3n) is 8.99. The molecule has 0 aliphatic heterocycles. The van der Waals surface area contributed by atoms with Gasteiger partial charge in [0.05, 0.1) is 58.9 Å². The number of nitrogens with one attached hydrogen (secondary N) is 7. The molecular formula is C41H70N8O15. The summed E-state index contributed by atoms with van der Waals surface area (Å²) in [7, 11) is 1.44. The summed E-state index contributed by atoms with van der Waals surface area (Å²) in [5.74, 6) is -3.56. The Morgan fingerprint density at radius 1 is 0.812 bits per heavy atom. The minimum absolute atomic E-state index is 0.0101. The maximum absolute atomic E-state index is 13.8. The fourth-order valence-corrected chi connectivity index (χ4v) is 5.63. The van der Waals surface area contributed by atoms with E-state index in [1.165, 1.54) is 7.11 Å². The van der Waals surface area contributed by atoms with Crippen molar-refractivity contribution in [2.45, 2.75) is 83.5 Å². The molecular weight excluding hydrogens is 844 g/mol. The van der Waals surface area contributed by atoms with Crippen molar-refractivity contribution in [3.05, 3.63) is 29.8 Å². The number of benzene rings is 1. The number of nitrogens with two attached hydrogens (primary N) is 1. The van der Waals surface area contributed by atoms with Crippen LogP contribution in [0.4, 0.5) is 10.5 Å². The number of hydrogen-bond donors (Lipinski definition) is 10. The molecule has 11 N–H and O–H groups in total. The van der Waals surface area contributed by atoms with Gasteiger partial charge in [-0.3, -0.25) is 35.0 Å². The zero-order valence-corrected chi connectivity index (χ0v) is 37.4. The number of carboxylic acids is 1. The molecule has 23 nitrogen and oxygen atoms in total. The Kier molecular flexibility index (Phi) is 30.9. The minimum atomic E-state index is -1.71. The fraction of sp³-hybridized carbons (Fsp3) is 0.683. The average Bonchev–Trinajstić information content (AvgIpc) is 3.24. The predicted octanol–water partition coefficient (Wildman–Crippen LogP) is -1.29. The number of hydrogen-bond acceptors (Lipinski definition) is 17. The third-order valence-corrected chi connectivity index (χ3v) is 8.99. The number of carbonyl (C=O) groups excluding carboxylic acids is 6. The number of rotatable bonds is 38. The summed E-state index contributed by atoms with van der Waals surface area (Å²) >= 11 is 0. The Balaban J connectivity index is 2.75. The van der Waals surface area contributed by atoms with Gasteiger partial charge in [0.1, 0.15) is 31.1 Å². The van der Waals surface area contributed by atoms with Crippen LogP contribution in [0, 0.1) is 5.92 Å². The Bertz CT molecular complexity index is 1520. The van der Waals surface area contributed by atoms with Gasteiger partial charge < -0.3 is 75.3 Å². The molecule has 0 aliphatic carbocycles. The fourth-order valence-electron chi connectivity index (χ4n) is 5.63. The van der Waals surface area contributed by atoms with Gasteiger partial charge >= 0.3 is 12.1 Å². The zero-order valence-electron chi connectivity index (χ0n) is 37.4. The molecule has 0 aromatic heterocycles. The van der Waals surface area contributed by atoms with Gasteiger partial charge in [-0.25, -0.2) is 4.79 Å². The van der Waals surface area contributed by atoms with Crippen LogP contribution >= 0.6 is 0 Å². The molecule has 0 heterocycles. The summed E-state index contributed by atoms with van der Waals surface area (Å²) in [5.41, 5.74) is 4.74. The van der Waals surface area contributed by atoms with Crippen LogP contribution in [0.25, 0.3) is 0 Å². The molecule has 64 heavy (non-hydrogen) atoms. The van der Waals surface area contributed by atoms with E-state index in [-0.39, 0.29) is 71.3 Å². The van der Waals surface area contributed by atoms with E-state index in [9.17, 15) is 43.8 Å². The highest BCUT2D eigenvalue weighted by atomic mass is 16.6. The van der Waals surface area contributed by atoms with E-state index in [1.807, 2.05) is 0 Å². The number of aliphatic carboxylic acids is 1. The second kappa shape index (κ2) is 34.5. The van der Waals surface area contributed by atoms with Crippen LogP contribution in [0.1, 0.15) is 58.4 Å². The number of aliphatic hydroxyl groups is 1. The lowest BCUT2D eigenvalue weighted by Gasteiger charge is -2.33.